The van der Waals surface area contributed by atoms with Crippen LogP contribution in [0.3, 0.4) is 0 Å². The van der Waals surface area contributed by atoms with Gasteiger partial charge in [0.05, 0.1) is 11.9 Å². The molecule has 3 saturated carbocycles. The Morgan fingerprint density at radius 3 is 2.00 bits per heavy atom. The van der Waals surface area contributed by atoms with Gasteiger partial charge in [0.15, 0.2) is 8.32 Å². The summed E-state index contributed by atoms with van der Waals surface area (Å²) in [5, 5.41) is 0.512. The van der Waals surface area contributed by atoms with Gasteiger partial charge in [0.1, 0.15) is 0 Å². The van der Waals surface area contributed by atoms with Crippen LogP contribution in [0, 0.1) is 34.5 Å². The van der Waals surface area contributed by atoms with Crippen LogP contribution in [-0.4, -0.2) is 22.7 Å². The first-order valence-electron chi connectivity index (χ1n) is 15.0. The van der Waals surface area contributed by atoms with E-state index in [1.165, 1.54) is 44.3 Å². The molecule has 0 aromatic carbocycles. The molecule has 4 aliphatic carbocycles. The fraction of sp³-hybridized carbons (Fsp3) is 0.875. The fourth-order valence-electron chi connectivity index (χ4n) is 8.03. The molecule has 0 saturated heterocycles. The number of fused-ring (bicyclic) bond motifs is 5. The van der Waals surface area contributed by atoms with Crippen LogP contribution >= 0.6 is 0 Å². The Bertz CT molecular complexity index is 917. The highest BCUT2D eigenvalue weighted by Gasteiger charge is 2.61. The van der Waals surface area contributed by atoms with E-state index in [4.69, 9.17) is 8.85 Å². The van der Waals surface area contributed by atoms with Gasteiger partial charge in [-0.3, -0.25) is 0 Å². The fourth-order valence-corrected chi connectivity index (χ4v) is 10.5. The Kier molecular flexibility index (Phi) is 7.05. The first-order valence-corrected chi connectivity index (χ1v) is 20.8. The van der Waals surface area contributed by atoms with Crippen LogP contribution in [0.25, 0.3) is 0 Å². The molecule has 0 aliphatic heterocycles. The summed E-state index contributed by atoms with van der Waals surface area (Å²) in [6.07, 6.45) is 13.5. The minimum Gasteiger partial charge on any atom is -0.544 e. The molecule has 0 bridgehead atoms. The molecule has 0 aromatic rings. The van der Waals surface area contributed by atoms with Crippen LogP contribution in [0.15, 0.2) is 23.5 Å². The van der Waals surface area contributed by atoms with Crippen molar-refractivity contribution in [1.82, 2.24) is 0 Å². The lowest BCUT2D eigenvalue weighted by Gasteiger charge is -2.60. The third-order valence-corrected chi connectivity index (χ3v) is 21.5. The van der Waals surface area contributed by atoms with Crippen LogP contribution in [0.1, 0.15) is 101 Å². The van der Waals surface area contributed by atoms with Crippen molar-refractivity contribution in [2.24, 2.45) is 34.5 Å². The predicted molar refractivity (Wildman–Crippen MR) is 160 cm³/mol. The van der Waals surface area contributed by atoms with Crippen LogP contribution in [0.2, 0.25) is 36.3 Å². The van der Waals surface area contributed by atoms with Gasteiger partial charge in [0.25, 0.3) is 0 Å². The molecule has 0 amide bonds. The summed E-state index contributed by atoms with van der Waals surface area (Å²) in [5.74, 6) is 4.25. The van der Waals surface area contributed by atoms with E-state index >= 15 is 0 Å². The van der Waals surface area contributed by atoms with Crippen molar-refractivity contribution in [3.63, 3.8) is 0 Å². The molecule has 0 radical (unpaired) electrons. The van der Waals surface area contributed by atoms with Crippen molar-refractivity contribution in [1.29, 1.82) is 0 Å². The second-order valence-electron chi connectivity index (χ2n) is 16.6. The Hall–Kier alpha value is -0.326. The second-order valence-corrected chi connectivity index (χ2v) is 26.1. The maximum absolute atomic E-state index is 7.16. The van der Waals surface area contributed by atoms with Gasteiger partial charge < -0.3 is 8.85 Å². The zero-order chi connectivity index (χ0) is 27.1. The van der Waals surface area contributed by atoms with Gasteiger partial charge in [-0.1, -0.05) is 61.0 Å². The van der Waals surface area contributed by atoms with Gasteiger partial charge in [-0.2, -0.15) is 0 Å². The molecule has 0 N–H and O–H groups in total. The average molecular weight is 531 g/mol. The van der Waals surface area contributed by atoms with E-state index in [-0.39, 0.29) is 15.5 Å². The van der Waals surface area contributed by atoms with Gasteiger partial charge >= 0.3 is 0 Å². The van der Waals surface area contributed by atoms with Gasteiger partial charge in [-0.05, 0) is 128 Å². The molecule has 0 spiro atoms. The van der Waals surface area contributed by atoms with Gasteiger partial charge in [0, 0.05) is 0 Å². The Morgan fingerprint density at radius 1 is 0.806 bits per heavy atom. The van der Waals surface area contributed by atoms with E-state index in [9.17, 15) is 0 Å². The van der Waals surface area contributed by atoms with E-state index in [2.05, 4.69) is 101 Å². The number of hydrogen-bond acceptors (Lipinski definition) is 2. The molecule has 0 aromatic heterocycles. The number of hydrogen-bond donors (Lipinski definition) is 0. The van der Waals surface area contributed by atoms with Crippen LogP contribution < -0.4 is 0 Å². The summed E-state index contributed by atoms with van der Waals surface area (Å²) in [6.45, 7) is 31.5. The van der Waals surface area contributed by atoms with Gasteiger partial charge in [-0.25, -0.2) is 0 Å². The summed E-state index contributed by atoms with van der Waals surface area (Å²) in [7, 11) is -3.59. The largest absolute Gasteiger partial charge is 0.544 e. The summed E-state index contributed by atoms with van der Waals surface area (Å²) < 4.78 is 14.0. The molecule has 2 nitrogen and oxygen atoms in total. The Balaban J connectivity index is 1.56. The molecular formula is C32H58O2Si2. The third kappa shape index (κ3) is 4.47. The van der Waals surface area contributed by atoms with Crippen molar-refractivity contribution in [3.8, 4) is 0 Å². The van der Waals surface area contributed by atoms with Crippen molar-refractivity contribution in [2.75, 3.05) is 0 Å². The minimum absolute atomic E-state index is 0.229. The summed E-state index contributed by atoms with van der Waals surface area (Å²) in [6, 6.07) is 0. The highest BCUT2D eigenvalue weighted by Crippen LogP contribution is 2.67. The highest BCUT2D eigenvalue weighted by molar-refractivity contribution is 6.74. The summed E-state index contributed by atoms with van der Waals surface area (Å²) in [5.41, 5.74) is 2.22. The molecule has 36 heavy (non-hydrogen) atoms. The SMILES string of the molecule is CC1=CC(O[Si](C)(C)C(C)(C)C)=CC2CCC3C4CCC(O[Si](C)(C)C(C)(C)C)C4(C)CCC3C12C. The van der Waals surface area contributed by atoms with Crippen molar-refractivity contribution < 1.29 is 8.85 Å². The maximum Gasteiger partial charge on any atom is 0.250 e. The van der Waals surface area contributed by atoms with E-state index in [1.807, 2.05) is 0 Å². The summed E-state index contributed by atoms with van der Waals surface area (Å²) >= 11 is 0. The maximum atomic E-state index is 7.16. The zero-order valence-corrected chi connectivity index (χ0v) is 28.1. The zero-order valence-electron chi connectivity index (χ0n) is 26.1. The van der Waals surface area contributed by atoms with Crippen LogP contribution in [-0.2, 0) is 8.85 Å². The molecule has 7 unspecified atom stereocenters. The van der Waals surface area contributed by atoms with Crippen LogP contribution in [0.4, 0.5) is 0 Å². The lowest BCUT2D eigenvalue weighted by molar-refractivity contribution is -0.0862. The molecule has 206 valence electrons. The smallest absolute Gasteiger partial charge is 0.250 e. The lowest BCUT2D eigenvalue weighted by atomic mass is 9.45. The number of rotatable bonds is 4. The van der Waals surface area contributed by atoms with E-state index in [0.717, 1.165) is 17.8 Å². The second kappa shape index (κ2) is 8.84. The normalized spacial score (nSPS) is 39.5. The van der Waals surface area contributed by atoms with E-state index in [1.54, 1.807) is 5.57 Å². The highest BCUT2D eigenvalue weighted by atomic mass is 28.4. The van der Waals surface area contributed by atoms with Gasteiger partial charge in [-0.15, -0.1) is 0 Å². The molecule has 4 heteroatoms. The topological polar surface area (TPSA) is 18.5 Å². The Labute approximate surface area is 226 Å². The van der Waals surface area contributed by atoms with E-state index in [0.29, 0.717) is 17.4 Å². The molecular weight excluding hydrogens is 473 g/mol. The minimum atomic E-state index is -1.83. The Morgan fingerprint density at radius 2 is 1.42 bits per heavy atom. The first-order chi connectivity index (χ1) is 16.2. The van der Waals surface area contributed by atoms with Crippen molar-refractivity contribution in [3.05, 3.63) is 23.5 Å². The molecule has 7 atom stereocenters. The number of allylic oxidation sites excluding steroid dienone is 3. The molecule has 0 heterocycles. The van der Waals surface area contributed by atoms with Gasteiger partial charge in [0.2, 0.25) is 8.32 Å². The van der Waals surface area contributed by atoms with E-state index < -0.39 is 16.6 Å². The molecule has 4 aliphatic rings. The summed E-state index contributed by atoms with van der Waals surface area (Å²) in [4.78, 5) is 0. The van der Waals surface area contributed by atoms with Crippen molar-refractivity contribution >= 4 is 16.6 Å². The first kappa shape index (κ1) is 28.7. The van der Waals surface area contributed by atoms with Crippen LogP contribution in [0.5, 0.6) is 0 Å². The monoisotopic (exact) mass is 530 g/mol. The predicted octanol–water partition coefficient (Wildman–Crippen LogP) is 10.1. The van der Waals surface area contributed by atoms with Crippen molar-refractivity contribution in [2.45, 2.75) is 143 Å². The molecule has 3 fully saturated rings. The quantitative estimate of drug-likeness (QED) is 0.337. The standard InChI is InChI=1S/C32H58O2Si2/c1-22-20-24(33-35(10,11)29(2,3)4)21-23-14-15-25-26-16-17-28(34-36(12,13)30(5,6)7)31(26,8)19-18-27(25)32(22,23)9/h20-21,23,25-28H,14-19H2,1-13H3. The third-order valence-electron chi connectivity index (χ3n) is 12.7. The average Bonchev–Trinajstić information content (AvgIpc) is 3.03. The lowest BCUT2D eigenvalue weighted by Crippen LogP contribution is -2.55. The molecule has 4 rings (SSSR count).